The number of pyridine rings is 1. The molecule has 2 aliphatic rings. The number of aliphatic hydroxyl groups is 1. The fourth-order valence-corrected chi connectivity index (χ4v) is 5.11. The number of fused-ring (bicyclic) bond motifs is 1. The zero-order valence-corrected chi connectivity index (χ0v) is 19.3. The number of benzene rings is 1. The van der Waals surface area contributed by atoms with E-state index < -0.39 is 0 Å². The first-order valence-corrected chi connectivity index (χ1v) is 10.9. The standard InChI is InChI=1S/C23H27ClN4OS/c1-14-13-23(2,3)27(4)19-12-17(24)16(11-15(14)19)21-20(18-7-5-6-8-25-18)26-22(30)28(21)9-10-29/h5-8,11-13,20-21,29H,9-10H2,1-4H3,(H,26,30)/t20-,21-/m1/s1. The minimum Gasteiger partial charge on any atom is -0.395 e. The van der Waals surface area contributed by atoms with Crippen molar-refractivity contribution >= 4 is 40.2 Å². The number of rotatable bonds is 4. The first-order chi connectivity index (χ1) is 14.2. The molecule has 1 aromatic carbocycles. The molecule has 0 aliphatic carbocycles. The molecule has 158 valence electrons. The van der Waals surface area contributed by atoms with E-state index in [1.54, 1.807) is 6.20 Å². The molecule has 3 heterocycles. The Kier molecular flexibility index (Phi) is 5.51. The van der Waals surface area contributed by atoms with E-state index in [4.69, 9.17) is 23.8 Å². The lowest BCUT2D eigenvalue weighted by Gasteiger charge is -2.41. The molecule has 0 bridgehead atoms. The summed E-state index contributed by atoms with van der Waals surface area (Å²) in [5.74, 6) is 0. The zero-order valence-electron chi connectivity index (χ0n) is 17.7. The van der Waals surface area contributed by atoms with Crippen molar-refractivity contribution in [3.05, 3.63) is 64.4 Å². The fraction of sp³-hybridized carbons (Fsp3) is 0.391. The molecule has 0 unspecified atom stereocenters. The summed E-state index contributed by atoms with van der Waals surface area (Å²) in [6.45, 7) is 6.96. The topological polar surface area (TPSA) is 51.6 Å². The van der Waals surface area contributed by atoms with Crippen LogP contribution < -0.4 is 10.2 Å². The number of nitrogens with zero attached hydrogens (tertiary/aromatic N) is 3. The molecule has 2 atom stereocenters. The molecule has 5 nitrogen and oxygen atoms in total. The van der Waals surface area contributed by atoms with Crippen LogP contribution in [-0.2, 0) is 0 Å². The molecule has 0 amide bonds. The van der Waals surface area contributed by atoms with Gasteiger partial charge in [-0.25, -0.2) is 0 Å². The Morgan fingerprint density at radius 1 is 1.30 bits per heavy atom. The highest BCUT2D eigenvalue weighted by Gasteiger charge is 2.41. The highest BCUT2D eigenvalue weighted by Crippen LogP contribution is 2.46. The molecular weight excluding hydrogens is 416 g/mol. The van der Waals surface area contributed by atoms with Gasteiger partial charge in [0.1, 0.15) is 0 Å². The lowest BCUT2D eigenvalue weighted by molar-refractivity contribution is 0.223. The van der Waals surface area contributed by atoms with Crippen molar-refractivity contribution in [3.8, 4) is 0 Å². The van der Waals surface area contributed by atoms with Crippen LogP contribution in [0, 0.1) is 0 Å². The lowest BCUT2D eigenvalue weighted by Crippen LogP contribution is -2.42. The summed E-state index contributed by atoms with van der Waals surface area (Å²) in [5, 5.41) is 14.3. The molecule has 2 N–H and O–H groups in total. The number of hydrogen-bond donors (Lipinski definition) is 2. The lowest BCUT2D eigenvalue weighted by atomic mass is 9.86. The number of aromatic nitrogens is 1. The molecule has 30 heavy (non-hydrogen) atoms. The average Bonchev–Trinajstić information content (AvgIpc) is 3.03. The Balaban J connectivity index is 1.86. The minimum atomic E-state index is -0.162. The van der Waals surface area contributed by atoms with Gasteiger partial charge in [-0.05, 0) is 68.4 Å². The quantitative estimate of drug-likeness (QED) is 0.687. The number of thiocarbonyl (C=S) groups is 1. The Morgan fingerprint density at radius 3 is 2.73 bits per heavy atom. The van der Waals surface area contributed by atoms with Crippen molar-refractivity contribution in [2.45, 2.75) is 38.4 Å². The SMILES string of the molecule is CC1=CC(C)(C)N(C)c2cc(Cl)c([C@@H]3[C@@H](c4ccccn4)NC(=S)N3CCO)cc21. The van der Waals surface area contributed by atoms with Gasteiger partial charge >= 0.3 is 0 Å². The summed E-state index contributed by atoms with van der Waals surface area (Å²) < 4.78 is 0. The van der Waals surface area contributed by atoms with Crippen LogP contribution in [0.1, 0.15) is 49.7 Å². The van der Waals surface area contributed by atoms with Gasteiger partial charge in [0.15, 0.2) is 5.11 Å². The summed E-state index contributed by atoms with van der Waals surface area (Å²) >= 11 is 12.5. The molecule has 2 aliphatic heterocycles. The van der Waals surface area contributed by atoms with E-state index in [9.17, 15) is 5.11 Å². The number of likely N-dealkylation sites (N-methyl/N-ethyl adjacent to an activating group) is 1. The van der Waals surface area contributed by atoms with Crippen molar-refractivity contribution in [2.75, 3.05) is 25.1 Å². The second-order valence-corrected chi connectivity index (χ2v) is 9.27. The third-order valence-corrected chi connectivity index (χ3v) is 6.87. The average molecular weight is 443 g/mol. The van der Waals surface area contributed by atoms with Crippen LogP contribution in [0.25, 0.3) is 5.57 Å². The number of aliphatic hydroxyl groups excluding tert-OH is 1. The summed E-state index contributed by atoms with van der Waals surface area (Å²) in [4.78, 5) is 8.82. The van der Waals surface area contributed by atoms with E-state index in [1.807, 2.05) is 23.1 Å². The largest absolute Gasteiger partial charge is 0.395 e. The van der Waals surface area contributed by atoms with E-state index >= 15 is 0 Å². The number of allylic oxidation sites excluding steroid dienone is 1. The van der Waals surface area contributed by atoms with Gasteiger partial charge in [0.25, 0.3) is 0 Å². The minimum absolute atomic E-state index is 0.00563. The second kappa shape index (κ2) is 7.84. The van der Waals surface area contributed by atoms with Gasteiger partial charge in [-0.3, -0.25) is 4.98 Å². The van der Waals surface area contributed by atoms with Crippen LogP contribution >= 0.6 is 23.8 Å². The van der Waals surface area contributed by atoms with Gasteiger partial charge in [-0.1, -0.05) is 23.7 Å². The number of hydrogen-bond acceptors (Lipinski definition) is 4. The van der Waals surface area contributed by atoms with Gasteiger partial charge in [-0.2, -0.15) is 0 Å². The smallest absolute Gasteiger partial charge is 0.170 e. The highest BCUT2D eigenvalue weighted by molar-refractivity contribution is 7.80. The highest BCUT2D eigenvalue weighted by atomic mass is 35.5. The predicted molar refractivity (Wildman–Crippen MR) is 127 cm³/mol. The Labute approximate surface area is 188 Å². The molecule has 1 aromatic heterocycles. The van der Waals surface area contributed by atoms with E-state index in [0.717, 1.165) is 22.5 Å². The monoisotopic (exact) mass is 442 g/mol. The summed E-state index contributed by atoms with van der Waals surface area (Å²) in [5.41, 5.74) is 5.29. The van der Waals surface area contributed by atoms with Gasteiger partial charge in [0.05, 0.1) is 29.9 Å². The van der Waals surface area contributed by atoms with Crippen molar-refractivity contribution in [1.29, 1.82) is 0 Å². The number of β-amino-alcohol motifs (C(OH)–C–C–N with tert-alkyl or cyclic N) is 1. The Bertz CT molecular complexity index is 1010. The molecule has 2 aromatic rings. The normalized spacial score (nSPS) is 22.6. The molecule has 0 radical (unpaired) electrons. The maximum atomic E-state index is 9.67. The Hall–Kier alpha value is -2.15. The fourth-order valence-electron chi connectivity index (χ4n) is 4.51. The number of anilines is 1. The van der Waals surface area contributed by atoms with E-state index in [2.05, 4.69) is 61.2 Å². The van der Waals surface area contributed by atoms with Crippen LogP contribution in [0.3, 0.4) is 0 Å². The van der Waals surface area contributed by atoms with Crippen molar-refractivity contribution in [1.82, 2.24) is 15.2 Å². The Morgan fingerprint density at radius 2 is 2.07 bits per heavy atom. The maximum Gasteiger partial charge on any atom is 0.170 e. The maximum absolute atomic E-state index is 9.67. The van der Waals surface area contributed by atoms with Crippen LogP contribution in [0.4, 0.5) is 5.69 Å². The van der Waals surface area contributed by atoms with Crippen molar-refractivity contribution < 1.29 is 5.11 Å². The van der Waals surface area contributed by atoms with Gasteiger partial charge < -0.3 is 20.2 Å². The zero-order chi connectivity index (χ0) is 21.6. The molecule has 1 saturated heterocycles. The van der Waals surface area contributed by atoms with Crippen LogP contribution in [0.15, 0.2) is 42.6 Å². The first kappa shape index (κ1) is 21.1. The second-order valence-electron chi connectivity index (χ2n) is 8.47. The molecular formula is C23H27ClN4OS. The molecule has 7 heteroatoms. The predicted octanol–water partition coefficient (Wildman–Crippen LogP) is 4.33. The summed E-state index contributed by atoms with van der Waals surface area (Å²) in [6, 6.07) is 9.78. The molecule has 0 spiro atoms. The van der Waals surface area contributed by atoms with Crippen LogP contribution in [0.5, 0.6) is 0 Å². The van der Waals surface area contributed by atoms with Gasteiger partial charge in [0.2, 0.25) is 0 Å². The van der Waals surface area contributed by atoms with Crippen LogP contribution in [-0.4, -0.2) is 45.8 Å². The third-order valence-electron chi connectivity index (χ3n) is 6.19. The summed E-state index contributed by atoms with van der Waals surface area (Å²) in [6.07, 6.45) is 4.07. The first-order valence-electron chi connectivity index (χ1n) is 10.1. The molecule has 4 rings (SSSR count). The van der Waals surface area contributed by atoms with E-state index in [-0.39, 0.29) is 24.2 Å². The van der Waals surface area contributed by atoms with Gasteiger partial charge in [0, 0.05) is 36.1 Å². The third kappa shape index (κ3) is 3.47. The summed E-state index contributed by atoms with van der Waals surface area (Å²) in [7, 11) is 2.10. The van der Waals surface area contributed by atoms with Gasteiger partial charge in [-0.15, -0.1) is 0 Å². The number of halogens is 1. The molecule has 0 saturated carbocycles. The molecule has 1 fully saturated rings. The number of nitrogens with one attached hydrogen (secondary N) is 1. The van der Waals surface area contributed by atoms with Crippen molar-refractivity contribution in [2.24, 2.45) is 0 Å². The van der Waals surface area contributed by atoms with Crippen LogP contribution in [0.2, 0.25) is 5.02 Å². The van der Waals surface area contributed by atoms with Crippen molar-refractivity contribution in [3.63, 3.8) is 0 Å². The van der Waals surface area contributed by atoms with E-state index in [1.165, 1.54) is 5.57 Å². The van der Waals surface area contributed by atoms with E-state index in [0.29, 0.717) is 16.7 Å².